The van der Waals surface area contributed by atoms with Crippen molar-refractivity contribution in [2.24, 2.45) is 0 Å². The molecule has 0 nitrogen and oxygen atoms in total. The topological polar surface area (TPSA) is 0 Å². The van der Waals surface area contributed by atoms with Crippen LogP contribution >= 0.6 is 0 Å². The fourth-order valence-corrected chi connectivity index (χ4v) is 23.6. The average molecular weight is 477 g/mol. The van der Waals surface area contributed by atoms with Crippen molar-refractivity contribution in [2.75, 3.05) is 0 Å². The van der Waals surface area contributed by atoms with Gasteiger partial charge in [0.1, 0.15) is 0 Å². The molecule has 2 aromatic carbocycles. The van der Waals surface area contributed by atoms with Crippen molar-refractivity contribution in [2.45, 2.75) is 42.2 Å². The zero-order valence-corrected chi connectivity index (χ0v) is 20.0. The number of hydrogen-bond acceptors (Lipinski definition) is 0. The largest absolute Gasteiger partial charge is 1.00 e. The molecule has 0 spiro atoms. The molecule has 140 valence electrons. The van der Waals surface area contributed by atoms with Crippen molar-refractivity contribution in [1.29, 1.82) is 0 Å². The van der Waals surface area contributed by atoms with Gasteiger partial charge in [-0.3, -0.25) is 0 Å². The van der Waals surface area contributed by atoms with Crippen LogP contribution in [0.25, 0.3) is 12.2 Å². The Labute approximate surface area is 180 Å². The molecule has 2 unspecified atom stereocenters. The summed E-state index contributed by atoms with van der Waals surface area (Å²) >= 11 is -2.32. The van der Waals surface area contributed by atoms with Gasteiger partial charge >= 0.3 is 157 Å². The zero-order chi connectivity index (χ0) is 17.0. The number of benzene rings is 2. The predicted molar refractivity (Wildman–Crippen MR) is 105 cm³/mol. The van der Waals surface area contributed by atoms with Crippen LogP contribution in [-0.4, -0.2) is 0 Å². The van der Waals surface area contributed by atoms with E-state index < -0.39 is 20.3 Å². The van der Waals surface area contributed by atoms with Gasteiger partial charge in [-0.15, -0.1) is 0 Å². The molecule has 0 bridgehead atoms. The van der Waals surface area contributed by atoms with E-state index in [1.807, 2.05) is 0 Å². The molecule has 0 N–H and O–H groups in total. The maximum Gasteiger partial charge on any atom is -1.00 e. The Bertz CT molecular complexity index is 837. The minimum Gasteiger partial charge on any atom is -1.00 e. The van der Waals surface area contributed by atoms with Crippen molar-refractivity contribution in [3.8, 4) is 0 Å². The Kier molecular flexibility index (Phi) is 6.27. The van der Waals surface area contributed by atoms with E-state index in [-0.39, 0.29) is 24.8 Å². The van der Waals surface area contributed by atoms with E-state index in [9.17, 15) is 0 Å². The van der Waals surface area contributed by atoms with Gasteiger partial charge in [-0.2, -0.15) is 0 Å². The Morgan fingerprint density at radius 2 is 1.11 bits per heavy atom. The maximum atomic E-state index is 2.53. The predicted octanol–water partition coefficient (Wildman–Crippen LogP) is 1.10. The quantitative estimate of drug-likeness (QED) is 0.620. The first-order chi connectivity index (χ1) is 12.3. The third-order valence-corrected chi connectivity index (χ3v) is 19.9. The molecule has 0 saturated carbocycles. The van der Waals surface area contributed by atoms with Crippen molar-refractivity contribution in [1.82, 2.24) is 0 Å². The van der Waals surface area contributed by atoms with E-state index in [0.717, 1.165) is 7.25 Å². The Balaban J connectivity index is 0.00000105. The van der Waals surface area contributed by atoms with Crippen LogP contribution in [0.4, 0.5) is 0 Å². The summed E-state index contributed by atoms with van der Waals surface area (Å²) in [5.74, 6) is 0. The molecule has 27 heavy (non-hydrogen) atoms. The third-order valence-electron chi connectivity index (χ3n) is 6.83. The van der Waals surface area contributed by atoms with Gasteiger partial charge in [0.25, 0.3) is 0 Å². The summed E-state index contributed by atoms with van der Waals surface area (Å²) in [5, 5.41) is 0. The summed E-state index contributed by atoms with van der Waals surface area (Å²) in [5.41, 5.74) is 9.87. The van der Waals surface area contributed by atoms with Crippen molar-refractivity contribution in [3.63, 3.8) is 0 Å². The van der Waals surface area contributed by atoms with Crippen molar-refractivity contribution < 1.29 is 45.1 Å². The van der Waals surface area contributed by atoms with Gasteiger partial charge in [-0.25, -0.2) is 0 Å². The summed E-state index contributed by atoms with van der Waals surface area (Å²) in [6.07, 6.45) is 7.51. The van der Waals surface area contributed by atoms with Gasteiger partial charge in [0, 0.05) is 0 Å². The van der Waals surface area contributed by atoms with Gasteiger partial charge in [0.2, 0.25) is 0 Å². The average Bonchev–Trinajstić information content (AvgIpc) is 3.20. The van der Waals surface area contributed by atoms with Crippen molar-refractivity contribution >= 4 is 12.2 Å². The molecule has 0 radical (unpaired) electrons. The number of rotatable bonds is 4. The molecule has 2 aromatic rings. The minimum absolute atomic E-state index is 0. The molecule has 1 heterocycles. The summed E-state index contributed by atoms with van der Waals surface area (Å²) in [6, 6.07) is 18.5. The van der Waals surface area contributed by atoms with Gasteiger partial charge in [0.05, 0.1) is 0 Å². The van der Waals surface area contributed by atoms with Crippen molar-refractivity contribution in [3.05, 3.63) is 81.9 Å². The van der Waals surface area contributed by atoms with Crippen LogP contribution in [0.15, 0.2) is 59.7 Å². The fourth-order valence-electron chi connectivity index (χ4n) is 5.63. The van der Waals surface area contributed by atoms with Crippen LogP contribution in [0.5, 0.6) is 0 Å². The minimum atomic E-state index is -2.32. The van der Waals surface area contributed by atoms with E-state index in [2.05, 4.69) is 74.5 Å². The summed E-state index contributed by atoms with van der Waals surface area (Å²) < 4.78 is 4.78. The van der Waals surface area contributed by atoms with Crippen LogP contribution < -0.4 is 24.8 Å². The van der Waals surface area contributed by atoms with E-state index in [1.165, 1.54) is 24.0 Å². The molecule has 1 aliphatic heterocycles. The van der Waals surface area contributed by atoms with E-state index in [4.69, 9.17) is 0 Å². The molecule has 0 amide bonds. The van der Waals surface area contributed by atoms with Crippen LogP contribution in [0.3, 0.4) is 0 Å². The first kappa shape index (κ1) is 21.1. The molecule has 3 heteroatoms. The summed E-state index contributed by atoms with van der Waals surface area (Å²) in [7, 11) is 0. The second-order valence-corrected chi connectivity index (χ2v) is 19.4. The zero-order valence-electron chi connectivity index (χ0n) is 16.0. The maximum absolute atomic E-state index is 2.53. The molecular weight excluding hydrogens is 450 g/mol. The number of fused-ring (bicyclic) bond motifs is 2. The van der Waals surface area contributed by atoms with Crippen LogP contribution in [0.1, 0.15) is 56.2 Å². The van der Waals surface area contributed by atoms with E-state index in [0.29, 0.717) is 0 Å². The number of allylic oxidation sites excluding steroid dienone is 2. The van der Waals surface area contributed by atoms with E-state index >= 15 is 0 Å². The Morgan fingerprint density at radius 1 is 0.704 bits per heavy atom. The normalized spacial score (nSPS) is 22.1. The first-order valence-corrected chi connectivity index (χ1v) is 16.2. The monoisotopic (exact) mass is 474 g/mol. The molecule has 1 saturated heterocycles. The van der Waals surface area contributed by atoms with Crippen LogP contribution in [-0.2, 0) is 20.3 Å². The number of halogens is 2. The molecule has 2 aliphatic carbocycles. The van der Waals surface area contributed by atoms with Gasteiger partial charge in [0.15, 0.2) is 0 Å². The second-order valence-electron chi connectivity index (χ2n) is 8.00. The second kappa shape index (κ2) is 8.02. The van der Waals surface area contributed by atoms with Crippen LogP contribution in [0, 0.1) is 0 Å². The standard InChI is InChI=1S/2C11H11.C2H4.2ClH.Zr/c2*1-2-9-7-10-5-3-4-6-11(10)8-9;1-2;;;/h2*3-8H,2H2,1H3;1-2H2;2*1H;/q;;;;;+2/p-2. The van der Waals surface area contributed by atoms with Gasteiger partial charge in [-0.05, 0) is 0 Å². The van der Waals surface area contributed by atoms with E-state index in [1.54, 1.807) is 30.5 Å². The summed E-state index contributed by atoms with van der Waals surface area (Å²) in [6.45, 7) is 4.73. The first-order valence-electron chi connectivity index (χ1n) is 9.87. The molecule has 5 rings (SSSR count). The molecule has 3 aliphatic rings. The SMILES string of the molecule is CCC1=Cc2ccccc2[CH]1[Zr+2]1([CH]2C(CC)=Cc3ccccc32)[CH2][CH2]1.[Cl-].[Cl-]. The fraction of sp³-hybridized carbons (Fsp3) is 0.333. The van der Waals surface area contributed by atoms with Crippen LogP contribution in [0.2, 0.25) is 8.26 Å². The molecule has 0 aromatic heterocycles. The third kappa shape index (κ3) is 3.15. The van der Waals surface area contributed by atoms with Gasteiger partial charge < -0.3 is 24.8 Å². The Hall–Kier alpha value is -0.617. The molecule has 2 atom stereocenters. The summed E-state index contributed by atoms with van der Waals surface area (Å²) in [4.78, 5) is 0. The van der Waals surface area contributed by atoms with Gasteiger partial charge in [-0.1, -0.05) is 0 Å². The molecular formula is C24H26Cl2Zr. The number of hydrogen-bond donors (Lipinski definition) is 0. The Morgan fingerprint density at radius 3 is 1.48 bits per heavy atom. The smallest absolute Gasteiger partial charge is 1.00 e. The molecule has 1 fully saturated rings.